The van der Waals surface area contributed by atoms with E-state index in [-0.39, 0.29) is 17.7 Å². The Morgan fingerprint density at radius 2 is 2.11 bits per heavy atom. The number of hydrogen-bond acceptors (Lipinski definition) is 7. The Balaban J connectivity index is 1.62. The van der Waals surface area contributed by atoms with Crippen LogP contribution in [0.3, 0.4) is 0 Å². The third-order valence-electron chi connectivity index (χ3n) is 4.19. The van der Waals surface area contributed by atoms with Crippen LogP contribution in [0.25, 0.3) is 11.6 Å². The average Bonchev–Trinajstić information content (AvgIpc) is 3.35. The molecule has 2 heterocycles. The average molecular weight is 402 g/mol. The number of carbonyl (C=O) groups excluding carboxylic acids is 1. The number of nitrogens with one attached hydrogen (secondary N) is 1. The molecule has 1 N–H and O–H groups in total. The summed E-state index contributed by atoms with van der Waals surface area (Å²) in [4.78, 5) is 12.4. The molecular weight excluding hydrogens is 380 g/mol. The molecule has 2 aromatic heterocycles. The summed E-state index contributed by atoms with van der Waals surface area (Å²) >= 11 is 1.31. The van der Waals surface area contributed by atoms with E-state index >= 15 is 0 Å². The number of benzene rings is 1. The summed E-state index contributed by atoms with van der Waals surface area (Å²) in [5, 5.41) is 11.9. The summed E-state index contributed by atoms with van der Waals surface area (Å²) in [5.41, 5.74) is 0.846. The third kappa shape index (κ3) is 4.30. The standard InChI is InChI=1S/C19H22N4O4S/c1-12(14-10-13(25-3)7-8-15(14)26-4)20-17(24)11-28-19-22-21-18(23(19)2)16-6-5-9-27-16/h5-10,12H,11H2,1-4H3,(H,20,24)/t12-/m0/s1. The Hall–Kier alpha value is -2.94. The molecule has 1 atom stereocenters. The minimum Gasteiger partial charge on any atom is -0.497 e. The topological polar surface area (TPSA) is 91.4 Å². The van der Waals surface area contributed by atoms with Crippen LogP contribution >= 0.6 is 11.8 Å². The van der Waals surface area contributed by atoms with Crippen molar-refractivity contribution in [2.45, 2.75) is 18.1 Å². The minimum atomic E-state index is -0.240. The van der Waals surface area contributed by atoms with Gasteiger partial charge in [-0.1, -0.05) is 11.8 Å². The fourth-order valence-electron chi connectivity index (χ4n) is 2.73. The molecule has 0 saturated heterocycles. The van der Waals surface area contributed by atoms with E-state index in [2.05, 4.69) is 15.5 Å². The predicted octanol–water partition coefficient (Wildman–Crippen LogP) is 3.06. The van der Waals surface area contributed by atoms with E-state index in [0.717, 1.165) is 5.56 Å². The van der Waals surface area contributed by atoms with Crippen LogP contribution in [-0.4, -0.2) is 40.6 Å². The van der Waals surface area contributed by atoms with Crippen molar-refractivity contribution < 1.29 is 18.7 Å². The van der Waals surface area contributed by atoms with Crippen LogP contribution in [0, 0.1) is 0 Å². The molecule has 0 aliphatic heterocycles. The molecule has 0 saturated carbocycles. The number of thioether (sulfide) groups is 1. The Morgan fingerprint density at radius 1 is 1.29 bits per heavy atom. The van der Waals surface area contributed by atoms with Crippen LogP contribution in [0.4, 0.5) is 0 Å². The van der Waals surface area contributed by atoms with Gasteiger partial charge in [0.25, 0.3) is 0 Å². The first-order valence-electron chi connectivity index (χ1n) is 8.60. The van der Waals surface area contributed by atoms with Gasteiger partial charge in [0.15, 0.2) is 16.7 Å². The van der Waals surface area contributed by atoms with Crippen molar-refractivity contribution >= 4 is 17.7 Å². The largest absolute Gasteiger partial charge is 0.497 e. The number of amides is 1. The number of hydrogen-bond donors (Lipinski definition) is 1. The molecule has 0 radical (unpaired) electrons. The SMILES string of the molecule is COc1ccc(OC)c([C@H](C)NC(=O)CSc2nnc(-c3ccco3)n2C)c1. The predicted molar refractivity (Wildman–Crippen MR) is 106 cm³/mol. The second kappa shape index (κ2) is 8.83. The lowest BCUT2D eigenvalue weighted by atomic mass is 10.1. The molecule has 148 valence electrons. The van der Waals surface area contributed by atoms with Crippen LogP contribution in [0.1, 0.15) is 18.5 Å². The van der Waals surface area contributed by atoms with Crippen molar-refractivity contribution in [3.63, 3.8) is 0 Å². The molecule has 0 fully saturated rings. The van der Waals surface area contributed by atoms with Crippen molar-refractivity contribution in [1.82, 2.24) is 20.1 Å². The van der Waals surface area contributed by atoms with E-state index in [9.17, 15) is 4.79 Å². The quantitative estimate of drug-likeness (QED) is 0.579. The summed E-state index contributed by atoms with van der Waals surface area (Å²) < 4.78 is 17.8. The fraction of sp³-hybridized carbons (Fsp3) is 0.316. The maximum Gasteiger partial charge on any atom is 0.230 e. The molecule has 3 aromatic rings. The van der Waals surface area contributed by atoms with Gasteiger partial charge in [-0.3, -0.25) is 4.79 Å². The number of aromatic nitrogens is 3. The zero-order valence-corrected chi connectivity index (χ0v) is 16.9. The van der Waals surface area contributed by atoms with Crippen LogP contribution < -0.4 is 14.8 Å². The lowest BCUT2D eigenvalue weighted by Gasteiger charge is -2.18. The van der Waals surface area contributed by atoms with Crippen molar-refractivity contribution in [3.8, 4) is 23.1 Å². The van der Waals surface area contributed by atoms with Gasteiger partial charge in [0.2, 0.25) is 5.91 Å². The number of furan rings is 1. The van der Waals surface area contributed by atoms with Crippen molar-refractivity contribution in [2.24, 2.45) is 7.05 Å². The minimum absolute atomic E-state index is 0.120. The van der Waals surface area contributed by atoms with Crippen LogP contribution in [0.2, 0.25) is 0 Å². The van der Waals surface area contributed by atoms with E-state index in [1.165, 1.54) is 11.8 Å². The number of ether oxygens (including phenoxy) is 2. The number of methoxy groups -OCH3 is 2. The first-order valence-corrected chi connectivity index (χ1v) is 9.59. The van der Waals surface area contributed by atoms with Crippen LogP contribution in [0.15, 0.2) is 46.2 Å². The summed E-state index contributed by atoms with van der Waals surface area (Å²) in [6.45, 7) is 1.90. The van der Waals surface area contributed by atoms with Crippen molar-refractivity contribution in [1.29, 1.82) is 0 Å². The Labute approximate surface area is 167 Å². The van der Waals surface area contributed by atoms with E-state index in [0.29, 0.717) is 28.2 Å². The van der Waals surface area contributed by atoms with Crippen molar-refractivity contribution in [3.05, 3.63) is 42.2 Å². The molecule has 9 heteroatoms. The van der Waals surface area contributed by atoms with E-state index in [4.69, 9.17) is 13.9 Å². The first kappa shape index (κ1) is 19.8. The molecule has 3 rings (SSSR count). The first-order chi connectivity index (χ1) is 13.5. The second-order valence-electron chi connectivity index (χ2n) is 6.03. The van der Waals surface area contributed by atoms with E-state index in [1.807, 2.05) is 38.2 Å². The fourth-order valence-corrected chi connectivity index (χ4v) is 3.45. The van der Waals surface area contributed by atoms with Crippen LogP contribution in [-0.2, 0) is 11.8 Å². The van der Waals surface area contributed by atoms with Crippen molar-refractivity contribution in [2.75, 3.05) is 20.0 Å². The molecule has 0 bridgehead atoms. The van der Waals surface area contributed by atoms with E-state index < -0.39 is 0 Å². The highest BCUT2D eigenvalue weighted by Gasteiger charge is 2.18. The molecule has 0 aliphatic rings. The third-order valence-corrected chi connectivity index (χ3v) is 5.21. The summed E-state index contributed by atoms with van der Waals surface area (Å²) in [6.07, 6.45) is 1.58. The Kier molecular flexibility index (Phi) is 6.25. The highest BCUT2D eigenvalue weighted by Crippen LogP contribution is 2.29. The summed E-state index contributed by atoms with van der Waals surface area (Å²) in [6, 6.07) is 8.86. The van der Waals surface area contributed by atoms with Gasteiger partial charge < -0.3 is 23.8 Å². The van der Waals surface area contributed by atoms with Gasteiger partial charge in [-0.05, 0) is 37.3 Å². The molecular formula is C19H22N4O4S. The number of rotatable bonds is 8. The van der Waals surface area contributed by atoms with Gasteiger partial charge in [-0.15, -0.1) is 10.2 Å². The second-order valence-corrected chi connectivity index (χ2v) is 6.97. The normalized spacial score (nSPS) is 11.9. The lowest BCUT2D eigenvalue weighted by molar-refractivity contribution is -0.119. The Morgan fingerprint density at radius 3 is 2.79 bits per heavy atom. The summed E-state index contributed by atoms with van der Waals surface area (Å²) in [7, 11) is 5.03. The molecule has 28 heavy (non-hydrogen) atoms. The smallest absolute Gasteiger partial charge is 0.230 e. The zero-order valence-electron chi connectivity index (χ0n) is 16.1. The van der Waals surface area contributed by atoms with Gasteiger partial charge in [-0.25, -0.2) is 0 Å². The zero-order chi connectivity index (χ0) is 20.1. The molecule has 1 amide bonds. The monoisotopic (exact) mass is 402 g/mol. The van der Waals surface area contributed by atoms with Gasteiger partial charge in [0.05, 0.1) is 32.3 Å². The molecule has 8 nitrogen and oxygen atoms in total. The molecule has 0 aliphatic carbocycles. The van der Waals surface area contributed by atoms with Crippen LogP contribution in [0.5, 0.6) is 11.5 Å². The number of carbonyl (C=O) groups is 1. The van der Waals surface area contributed by atoms with Gasteiger partial charge in [0.1, 0.15) is 11.5 Å². The highest BCUT2D eigenvalue weighted by atomic mass is 32.2. The molecule has 0 spiro atoms. The van der Waals surface area contributed by atoms with Gasteiger partial charge in [0, 0.05) is 12.6 Å². The summed E-state index contributed by atoms with van der Waals surface area (Å²) in [5.74, 6) is 2.73. The molecule has 0 unspecified atom stereocenters. The van der Waals surface area contributed by atoms with Gasteiger partial charge in [-0.2, -0.15) is 0 Å². The maximum absolute atomic E-state index is 12.4. The molecule has 1 aromatic carbocycles. The van der Waals surface area contributed by atoms with Gasteiger partial charge >= 0.3 is 0 Å². The Bertz CT molecular complexity index is 940. The highest BCUT2D eigenvalue weighted by molar-refractivity contribution is 7.99. The maximum atomic E-state index is 12.4. The van der Waals surface area contributed by atoms with E-state index in [1.54, 1.807) is 31.1 Å². The lowest BCUT2D eigenvalue weighted by Crippen LogP contribution is -2.28. The number of nitrogens with zero attached hydrogens (tertiary/aromatic N) is 3.